The fourth-order valence-corrected chi connectivity index (χ4v) is 5.19. The summed E-state index contributed by atoms with van der Waals surface area (Å²) < 4.78 is 0. The highest BCUT2D eigenvalue weighted by atomic mass is 16.3. The molecule has 2 aliphatic heterocycles. The van der Waals surface area contributed by atoms with E-state index in [0.717, 1.165) is 49.9 Å². The zero-order valence-corrected chi connectivity index (χ0v) is 25.1. The van der Waals surface area contributed by atoms with E-state index in [9.17, 15) is 24.3 Å². The third-order valence-electron chi connectivity index (χ3n) is 7.44. The Labute approximate surface area is 253 Å². The number of nitrogens with one attached hydrogen (secondary N) is 5. The van der Waals surface area contributed by atoms with Crippen molar-refractivity contribution in [2.24, 2.45) is 11.7 Å². The van der Waals surface area contributed by atoms with Gasteiger partial charge < -0.3 is 37.4 Å². The minimum atomic E-state index is -0.788. The van der Waals surface area contributed by atoms with Crippen LogP contribution in [-0.4, -0.2) is 66.5 Å². The highest BCUT2D eigenvalue weighted by Gasteiger charge is 2.30. The average molecular weight is 595 g/mol. The lowest BCUT2D eigenvalue weighted by molar-refractivity contribution is -0.131. The molecule has 2 aliphatic rings. The van der Waals surface area contributed by atoms with Crippen molar-refractivity contribution in [2.75, 3.05) is 19.6 Å². The summed E-state index contributed by atoms with van der Waals surface area (Å²) in [5, 5.41) is 25.3. The fourth-order valence-electron chi connectivity index (χ4n) is 5.19. The van der Waals surface area contributed by atoms with E-state index in [-0.39, 0.29) is 42.3 Å². The van der Waals surface area contributed by atoms with Crippen LogP contribution in [0.4, 0.5) is 0 Å². The lowest BCUT2D eigenvalue weighted by Crippen LogP contribution is -2.52. The van der Waals surface area contributed by atoms with Gasteiger partial charge in [-0.1, -0.05) is 74.5 Å². The number of benzene rings is 2. The van der Waals surface area contributed by atoms with Crippen molar-refractivity contribution in [2.45, 2.75) is 76.2 Å². The number of nitrogens with two attached hydrogens (primary N) is 1. The van der Waals surface area contributed by atoms with Gasteiger partial charge in [-0.15, -0.1) is 0 Å². The summed E-state index contributed by atoms with van der Waals surface area (Å²) >= 11 is 0. The SMILES string of the molecule is CC(C)C[C@H](NC(=O)[C@@H]1CCCN1)C(=O)NCC(N)=O.O=C(N[C@@H](c1ccccc1)[C@@H](O)c1ccccc1)[C@@H]1CCCN1. The first-order valence-corrected chi connectivity index (χ1v) is 15.1. The molecular formula is C32H46N6O5. The lowest BCUT2D eigenvalue weighted by Gasteiger charge is -2.26. The molecule has 4 rings (SSSR count). The molecule has 0 spiro atoms. The van der Waals surface area contributed by atoms with Crippen LogP contribution in [0.15, 0.2) is 60.7 Å². The maximum Gasteiger partial charge on any atom is 0.243 e. The molecule has 0 bridgehead atoms. The smallest absolute Gasteiger partial charge is 0.243 e. The van der Waals surface area contributed by atoms with Gasteiger partial charge in [0.25, 0.3) is 0 Å². The zero-order chi connectivity index (χ0) is 31.2. The van der Waals surface area contributed by atoms with Crippen LogP contribution in [-0.2, 0) is 19.2 Å². The Morgan fingerprint density at radius 2 is 1.35 bits per heavy atom. The van der Waals surface area contributed by atoms with E-state index in [0.29, 0.717) is 6.42 Å². The quantitative estimate of drug-likeness (QED) is 0.193. The summed E-state index contributed by atoms with van der Waals surface area (Å²) in [4.78, 5) is 47.2. The predicted molar refractivity (Wildman–Crippen MR) is 164 cm³/mol. The third-order valence-corrected chi connectivity index (χ3v) is 7.44. The van der Waals surface area contributed by atoms with Crippen LogP contribution < -0.4 is 32.3 Å². The van der Waals surface area contributed by atoms with Crippen molar-refractivity contribution >= 4 is 23.6 Å². The zero-order valence-electron chi connectivity index (χ0n) is 25.1. The number of primary amides is 1. The molecule has 2 aromatic carbocycles. The second-order valence-corrected chi connectivity index (χ2v) is 11.4. The Bertz CT molecular complexity index is 1170. The van der Waals surface area contributed by atoms with E-state index in [1.807, 2.05) is 74.5 Å². The second-order valence-electron chi connectivity index (χ2n) is 11.4. The summed E-state index contributed by atoms with van der Waals surface area (Å²) in [7, 11) is 0. The molecule has 2 fully saturated rings. The van der Waals surface area contributed by atoms with Crippen molar-refractivity contribution < 1.29 is 24.3 Å². The molecule has 0 aromatic heterocycles. The van der Waals surface area contributed by atoms with Gasteiger partial charge in [-0.25, -0.2) is 0 Å². The van der Waals surface area contributed by atoms with Gasteiger partial charge in [0.05, 0.1) is 24.7 Å². The maximum atomic E-state index is 12.5. The van der Waals surface area contributed by atoms with Crippen LogP contribution in [0.2, 0.25) is 0 Å². The number of amides is 4. The van der Waals surface area contributed by atoms with Crippen LogP contribution >= 0.6 is 0 Å². The first-order valence-electron chi connectivity index (χ1n) is 15.1. The van der Waals surface area contributed by atoms with Crippen molar-refractivity contribution in [3.05, 3.63) is 71.8 Å². The predicted octanol–water partition coefficient (Wildman–Crippen LogP) is 1.20. The number of rotatable bonds is 12. The molecule has 2 saturated heterocycles. The summed E-state index contributed by atoms with van der Waals surface area (Å²) in [5.41, 5.74) is 6.68. The molecule has 11 nitrogen and oxygen atoms in total. The van der Waals surface area contributed by atoms with Crippen LogP contribution in [0.5, 0.6) is 0 Å². The highest BCUT2D eigenvalue weighted by molar-refractivity contribution is 5.91. The Kier molecular flexibility index (Phi) is 13.6. The van der Waals surface area contributed by atoms with Gasteiger partial charge in [-0.3, -0.25) is 19.2 Å². The summed E-state index contributed by atoms with van der Waals surface area (Å²) in [6, 6.07) is 17.6. The number of aliphatic hydroxyl groups excluding tert-OH is 1. The van der Waals surface area contributed by atoms with Crippen molar-refractivity contribution in [3.63, 3.8) is 0 Å². The highest BCUT2D eigenvalue weighted by Crippen LogP contribution is 2.29. The summed E-state index contributed by atoms with van der Waals surface area (Å²) in [6.07, 6.45) is 3.32. The number of carbonyl (C=O) groups is 4. The molecule has 4 amide bonds. The molecule has 43 heavy (non-hydrogen) atoms. The normalized spacial score (nSPS) is 19.8. The van der Waals surface area contributed by atoms with Gasteiger partial charge in [0.2, 0.25) is 23.6 Å². The standard InChI is InChI=1S/C19H22N2O2.C13H24N4O3/c22-18(15-10-5-2-6-11-15)17(14-8-3-1-4-9-14)21-19(23)16-12-7-13-20-16;1-8(2)6-10(12(19)16-7-11(14)18)17-13(20)9-4-3-5-15-9/h1-6,8-11,16-18,20,22H,7,12-13H2,(H,21,23);8-10,15H,3-7H2,1-2H3,(H2,14,18)(H,16,19)(H,17,20)/t16-,17-,18-;9-,10-/m00/s1. The monoisotopic (exact) mass is 594 g/mol. The van der Waals surface area contributed by atoms with E-state index >= 15 is 0 Å². The second kappa shape index (κ2) is 17.3. The molecule has 0 unspecified atom stereocenters. The topological polar surface area (TPSA) is 175 Å². The van der Waals surface area contributed by atoms with Crippen molar-refractivity contribution in [1.29, 1.82) is 0 Å². The van der Waals surface area contributed by atoms with E-state index in [4.69, 9.17) is 5.73 Å². The van der Waals surface area contributed by atoms with E-state index in [2.05, 4.69) is 26.6 Å². The first kappa shape index (κ1) is 33.7. The van der Waals surface area contributed by atoms with Gasteiger partial charge >= 0.3 is 0 Å². The molecule has 0 saturated carbocycles. The number of carbonyl (C=O) groups excluding carboxylic acids is 4. The molecule has 11 heteroatoms. The van der Waals surface area contributed by atoms with E-state index < -0.39 is 24.1 Å². The average Bonchev–Trinajstić information content (AvgIpc) is 3.74. The molecule has 5 atom stereocenters. The van der Waals surface area contributed by atoms with Gasteiger partial charge in [0.1, 0.15) is 12.1 Å². The molecule has 0 radical (unpaired) electrons. The Balaban J connectivity index is 0.000000238. The first-order chi connectivity index (χ1) is 20.7. The van der Waals surface area contributed by atoms with E-state index in [1.54, 1.807) is 0 Å². The molecular weight excluding hydrogens is 548 g/mol. The molecule has 234 valence electrons. The Morgan fingerprint density at radius 1 is 0.837 bits per heavy atom. The fraction of sp³-hybridized carbons (Fsp3) is 0.500. The number of hydrogen-bond donors (Lipinski definition) is 7. The Morgan fingerprint density at radius 3 is 1.81 bits per heavy atom. The van der Waals surface area contributed by atoms with Gasteiger partial charge in [0.15, 0.2) is 0 Å². The largest absolute Gasteiger partial charge is 0.386 e. The number of hydrogen-bond acceptors (Lipinski definition) is 7. The van der Waals surface area contributed by atoms with Crippen LogP contribution in [0, 0.1) is 5.92 Å². The summed E-state index contributed by atoms with van der Waals surface area (Å²) in [5.74, 6) is -0.945. The van der Waals surface area contributed by atoms with Crippen LogP contribution in [0.3, 0.4) is 0 Å². The van der Waals surface area contributed by atoms with Crippen LogP contribution in [0.1, 0.15) is 69.2 Å². The molecule has 8 N–H and O–H groups in total. The molecule has 2 heterocycles. The minimum Gasteiger partial charge on any atom is -0.386 e. The van der Waals surface area contributed by atoms with Gasteiger partial charge in [0, 0.05) is 0 Å². The molecule has 0 aliphatic carbocycles. The van der Waals surface area contributed by atoms with Crippen LogP contribution in [0.25, 0.3) is 0 Å². The molecule has 2 aromatic rings. The van der Waals surface area contributed by atoms with Gasteiger partial charge in [-0.2, -0.15) is 0 Å². The van der Waals surface area contributed by atoms with Gasteiger partial charge in [-0.05, 0) is 62.2 Å². The van der Waals surface area contributed by atoms with E-state index in [1.165, 1.54) is 0 Å². The van der Waals surface area contributed by atoms with Crippen molar-refractivity contribution in [1.82, 2.24) is 26.6 Å². The number of aliphatic hydroxyl groups is 1. The minimum absolute atomic E-state index is 0.0497. The lowest BCUT2D eigenvalue weighted by atomic mass is 9.95. The summed E-state index contributed by atoms with van der Waals surface area (Å²) in [6.45, 7) is 5.41. The third kappa shape index (κ3) is 11.1. The Hall–Kier alpha value is -3.80. The maximum absolute atomic E-state index is 12.5. The van der Waals surface area contributed by atoms with Crippen molar-refractivity contribution in [3.8, 4) is 0 Å².